The van der Waals surface area contributed by atoms with Crippen molar-refractivity contribution in [1.29, 1.82) is 0 Å². The normalized spacial score (nSPS) is 14.1. The smallest absolute Gasteiger partial charge is 0.484 e. The highest BCUT2D eigenvalue weighted by atomic mass is 32.2. The molecule has 34 heavy (non-hydrogen) atoms. The number of benzene rings is 3. The maximum Gasteiger partial charge on any atom is 0.511 e. The van der Waals surface area contributed by atoms with Gasteiger partial charge in [0.1, 0.15) is 17.7 Å². The summed E-state index contributed by atoms with van der Waals surface area (Å²) in [7, 11) is -5.58. The molecule has 11 heteroatoms. The zero-order chi connectivity index (χ0) is 24.5. The molecule has 0 radical (unpaired) electrons. The summed E-state index contributed by atoms with van der Waals surface area (Å²) in [4.78, 5) is 0. The van der Waals surface area contributed by atoms with Gasteiger partial charge in [-0.1, -0.05) is 30.3 Å². The molecule has 0 aliphatic heterocycles. The quantitative estimate of drug-likeness (QED) is 0.363. The molecule has 0 bridgehead atoms. The molecule has 1 N–H and O–H groups in total. The number of rotatable bonds is 7. The fraction of sp³-hybridized carbons (Fsp3) is 0.174. The molecule has 0 amide bonds. The number of aromatic nitrogens is 2. The molecular weight excluding hydrogens is 474 g/mol. The van der Waals surface area contributed by atoms with E-state index in [-0.39, 0.29) is 5.82 Å². The van der Waals surface area contributed by atoms with Crippen LogP contribution in [0.2, 0.25) is 0 Å². The highest BCUT2D eigenvalue weighted by molar-refractivity contribution is 7.90. The van der Waals surface area contributed by atoms with E-state index in [0.717, 1.165) is 0 Å². The summed E-state index contributed by atoms with van der Waals surface area (Å²) in [6, 6.07) is 17.8. The average Bonchev–Trinajstić information content (AvgIpc) is 3.20. The second-order valence-corrected chi connectivity index (χ2v) is 9.26. The number of nitrogens with one attached hydrogen (secondary N) is 1. The molecule has 3 aromatic carbocycles. The third-order valence-corrected chi connectivity index (χ3v) is 6.39. The first kappa shape index (κ1) is 23.7. The van der Waals surface area contributed by atoms with Crippen molar-refractivity contribution in [2.24, 2.45) is 0 Å². The zero-order valence-electron chi connectivity index (χ0n) is 17.7. The van der Waals surface area contributed by atoms with E-state index in [0.29, 0.717) is 27.9 Å². The lowest BCUT2D eigenvalue weighted by Crippen LogP contribution is -2.45. The minimum atomic E-state index is -5.58. The Morgan fingerprint density at radius 2 is 1.68 bits per heavy atom. The van der Waals surface area contributed by atoms with Crippen LogP contribution in [0.1, 0.15) is 18.6 Å². The monoisotopic (exact) mass is 493 g/mol. The van der Waals surface area contributed by atoms with Crippen molar-refractivity contribution in [3.63, 3.8) is 0 Å². The van der Waals surface area contributed by atoms with Crippen molar-refractivity contribution in [1.82, 2.24) is 14.5 Å². The Labute approximate surface area is 192 Å². The van der Waals surface area contributed by atoms with Crippen molar-refractivity contribution in [3.05, 3.63) is 90.4 Å². The van der Waals surface area contributed by atoms with Gasteiger partial charge in [0.25, 0.3) is 0 Å². The molecule has 1 heterocycles. The molecule has 2 atom stereocenters. The van der Waals surface area contributed by atoms with Crippen LogP contribution in [-0.2, 0) is 10.0 Å². The molecule has 4 rings (SSSR count). The van der Waals surface area contributed by atoms with Crippen LogP contribution in [-0.4, -0.2) is 29.7 Å². The van der Waals surface area contributed by atoms with E-state index in [1.165, 1.54) is 19.1 Å². The lowest BCUT2D eigenvalue weighted by molar-refractivity contribution is -0.0454. The first-order chi connectivity index (χ1) is 16.0. The number of ether oxygens (including phenoxy) is 1. The summed E-state index contributed by atoms with van der Waals surface area (Å²) in [5, 5.41) is 4.97. The number of halogens is 4. The third-order valence-electron chi connectivity index (χ3n) is 5.10. The van der Waals surface area contributed by atoms with Crippen LogP contribution >= 0.6 is 0 Å². The topological polar surface area (TPSA) is 73.2 Å². The Bertz CT molecular complexity index is 1390. The van der Waals surface area contributed by atoms with Gasteiger partial charge in [-0.05, 0) is 55.0 Å². The van der Waals surface area contributed by atoms with E-state index in [9.17, 15) is 26.0 Å². The molecule has 0 saturated carbocycles. The summed E-state index contributed by atoms with van der Waals surface area (Å²) in [5.74, 6) is -0.0730. The van der Waals surface area contributed by atoms with Gasteiger partial charge < -0.3 is 4.74 Å². The molecule has 0 fully saturated rings. The maximum absolute atomic E-state index is 13.2. The fourth-order valence-corrected chi connectivity index (χ4v) is 4.24. The van der Waals surface area contributed by atoms with E-state index in [2.05, 4.69) is 5.10 Å². The van der Waals surface area contributed by atoms with E-state index in [1.54, 1.807) is 76.3 Å². The Kier molecular flexibility index (Phi) is 6.32. The minimum Gasteiger partial charge on any atom is -0.484 e. The highest BCUT2D eigenvalue weighted by Gasteiger charge is 2.47. The summed E-state index contributed by atoms with van der Waals surface area (Å²) in [5.41, 5.74) is -3.62. The number of fused-ring (bicyclic) bond motifs is 1. The number of nitrogens with zero attached hydrogens (tertiary/aromatic N) is 2. The van der Waals surface area contributed by atoms with Crippen LogP contribution < -0.4 is 9.46 Å². The molecule has 0 spiro atoms. The van der Waals surface area contributed by atoms with E-state index >= 15 is 0 Å². The van der Waals surface area contributed by atoms with Crippen molar-refractivity contribution < 1.29 is 30.7 Å². The maximum atomic E-state index is 13.2. The predicted octanol–water partition coefficient (Wildman–Crippen LogP) is 5.11. The molecule has 0 unspecified atom stereocenters. The lowest BCUT2D eigenvalue weighted by atomic mass is 10.0. The number of hydrogen-bond acceptors (Lipinski definition) is 4. The Balaban J connectivity index is 1.65. The standard InChI is InChI=1S/C23H19F4N3O3S/c1-15(29-34(31,32)23(25,26)27)22(16-5-3-2-4-6-16)33-20-11-12-21-17(13-20)14-28-30(21)19-9-7-18(24)8-10-19/h2-15,22,29H,1H3/t15-,22-/m0/s1. The van der Waals surface area contributed by atoms with Gasteiger partial charge in [0.05, 0.1) is 23.4 Å². The van der Waals surface area contributed by atoms with E-state index < -0.39 is 27.7 Å². The van der Waals surface area contributed by atoms with Gasteiger partial charge in [0, 0.05) is 5.39 Å². The van der Waals surface area contributed by atoms with Gasteiger partial charge >= 0.3 is 15.5 Å². The minimum absolute atomic E-state index is 0.304. The Hall–Kier alpha value is -3.44. The van der Waals surface area contributed by atoms with Crippen molar-refractivity contribution in [3.8, 4) is 11.4 Å². The molecule has 0 aliphatic carbocycles. The van der Waals surface area contributed by atoms with Gasteiger partial charge in [-0.15, -0.1) is 0 Å². The molecule has 6 nitrogen and oxygen atoms in total. The average molecular weight is 493 g/mol. The summed E-state index contributed by atoms with van der Waals surface area (Å²) in [6.07, 6.45) is 0.515. The fourth-order valence-electron chi connectivity index (χ4n) is 3.49. The van der Waals surface area contributed by atoms with Gasteiger partial charge in [-0.3, -0.25) is 0 Å². The number of sulfonamides is 1. The molecule has 1 aromatic heterocycles. The van der Waals surface area contributed by atoms with Crippen LogP contribution in [0.15, 0.2) is 79.0 Å². The lowest BCUT2D eigenvalue weighted by Gasteiger charge is -2.26. The van der Waals surface area contributed by atoms with Crippen LogP contribution in [0, 0.1) is 5.82 Å². The largest absolute Gasteiger partial charge is 0.511 e. The van der Waals surface area contributed by atoms with Gasteiger partial charge in [0.2, 0.25) is 0 Å². The first-order valence-electron chi connectivity index (χ1n) is 10.1. The SMILES string of the molecule is C[C@H](NS(=O)(=O)C(F)(F)F)[C@H](Oc1ccc2c(cnn2-c2ccc(F)cc2)c1)c1ccccc1. The highest BCUT2D eigenvalue weighted by Crippen LogP contribution is 2.30. The molecule has 0 saturated heterocycles. The zero-order valence-corrected chi connectivity index (χ0v) is 18.5. The molecular formula is C23H19F4N3O3S. The van der Waals surface area contributed by atoms with Gasteiger partial charge in [-0.2, -0.15) is 18.3 Å². The Morgan fingerprint density at radius 3 is 2.32 bits per heavy atom. The van der Waals surface area contributed by atoms with Crippen LogP contribution in [0.3, 0.4) is 0 Å². The number of alkyl halides is 3. The van der Waals surface area contributed by atoms with Crippen LogP contribution in [0.5, 0.6) is 5.75 Å². The summed E-state index contributed by atoms with van der Waals surface area (Å²) in [6.45, 7) is 1.30. The molecule has 4 aromatic rings. The van der Waals surface area contributed by atoms with E-state index in [1.807, 2.05) is 0 Å². The first-order valence-corrected chi connectivity index (χ1v) is 11.6. The van der Waals surface area contributed by atoms with E-state index in [4.69, 9.17) is 4.74 Å². The van der Waals surface area contributed by atoms with Crippen molar-refractivity contribution >= 4 is 20.9 Å². The summed E-state index contributed by atoms with van der Waals surface area (Å²) >= 11 is 0. The third kappa shape index (κ3) is 4.90. The van der Waals surface area contributed by atoms with Crippen LogP contribution in [0.4, 0.5) is 17.6 Å². The van der Waals surface area contributed by atoms with Crippen molar-refractivity contribution in [2.75, 3.05) is 0 Å². The number of hydrogen-bond donors (Lipinski definition) is 1. The predicted molar refractivity (Wildman–Crippen MR) is 118 cm³/mol. The molecule has 0 aliphatic rings. The molecule has 178 valence electrons. The second kappa shape index (κ2) is 9.07. The second-order valence-electron chi connectivity index (χ2n) is 7.56. The van der Waals surface area contributed by atoms with Gasteiger partial charge in [0.15, 0.2) is 0 Å². The summed E-state index contributed by atoms with van der Waals surface area (Å²) < 4.78 is 84.5. The van der Waals surface area contributed by atoms with Crippen molar-refractivity contribution in [2.45, 2.75) is 24.6 Å². The van der Waals surface area contributed by atoms with Gasteiger partial charge in [-0.25, -0.2) is 22.2 Å². The van der Waals surface area contributed by atoms with Crippen LogP contribution in [0.25, 0.3) is 16.6 Å². The Morgan fingerprint density at radius 1 is 1.00 bits per heavy atom.